The third-order valence-corrected chi connectivity index (χ3v) is 4.29. The first-order chi connectivity index (χ1) is 10.5. The summed E-state index contributed by atoms with van der Waals surface area (Å²) < 4.78 is 5.35. The van der Waals surface area contributed by atoms with Crippen LogP contribution >= 0.6 is 0 Å². The Balaban J connectivity index is 2.24. The monoisotopic (exact) mass is 305 g/mol. The number of nitrogens with zero attached hydrogens (tertiary/aromatic N) is 1. The molecule has 0 bridgehead atoms. The van der Waals surface area contributed by atoms with E-state index in [1.54, 1.807) is 4.90 Å². The summed E-state index contributed by atoms with van der Waals surface area (Å²) in [5, 5.41) is 8.95. The van der Waals surface area contributed by atoms with Gasteiger partial charge >= 0.3 is 5.97 Å². The molecule has 1 aromatic carbocycles. The molecule has 2 rings (SSSR count). The van der Waals surface area contributed by atoms with Gasteiger partial charge in [-0.25, -0.2) is 0 Å². The third kappa shape index (κ3) is 3.85. The molecule has 1 heterocycles. The van der Waals surface area contributed by atoms with E-state index < -0.39 is 5.97 Å². The van der Waals surface area contributed by atoms with E-state index in [0.29, 0.717) is 18.8 Å². The third-order valence-electron chi connectivity index (χ3n) is 4.29. The highest BCUT2D eigenvalue weighted by Crippen LogP contribution is 2.21. The highest BCUT2D eigenvalue weighted by Gasteiger charge is 2.27. The maximum Gasteiger partial charge on any atom is 0.305 e. The van der Waals surface area contributed by atoms with Crippen LogP contribution in [0.4, 0.5) is 0 Å². The van der Waals surface area contributed by atoms with E-state index in [1.807, 2.05) is 32.0 Å². The summed E-state index contributed by atoms with van der Waals surface area (Å²) in [7, 11) is 0. The van der Waals surface area contributed by atoms with Gasteiger partial charge in [-0.3, -0.25) is 9.59 Å². The fourth-order valence-corrected chi connectivity index (χ4v) is 2.80. The number of amides is 1. The van der Waals surface area contributed by atoms with Gasteiger partial charge in [-0.1, -0.05) is 12.1 Å². The van der Waals surface area contributed by atoms with E-state index in [1.165, 1.54) is 0 Å². The van der Waals surface area contributed by atoms with Crippen molar-refractivity contribution in [3.05, 3.63) is 34.9 Å². The lowest BCUT2D eigenvalue weighted by Crippen LogP contribution is -2.44. The molecule has 1 amide bonds. The van der Waals surface area contributed by atoms with E-state index in [2.05, 4.69) is 0 Å². The summed E-state index contributed by atoms with van der Waals surface area (Å²) in [6.45, 7) is 5.39. The number of rotatable bonds is 5. The average molecular weight is 305 g/mol. The number of ether oxygens (including phenoxy) is 1. The number of carbonyl (C=O) groups is 2. The number of benzene rings is 1. The van der Waals surface area contributed by atoms with Gasteiger partial charge in [-0.2, -0.15) is 0 Å². The van der Waals surface area contributed by atoms with E-state index in [-0.39, 0.29) is 24.9 Å². The van der Waals surface area contributed by atoms with Crippen LogP contribution in [0, 0.1) is 13.8 Å². The Kier molecular flexibility index (Phi) is 5.55. The van der Waals surface area contributed by atoms with Crippen LogP contribution < -0.4 is 0 Å². The van der Waals surface area contributed by atoms with Crippen LogP contribution in [0.25, 0.3) is 0 Å². The molecule has 1 N–H and O–H groups in total. The minimum absolute atomic E-state index is 0.0338. The zero-order valence-electron chi connectivity index (χ0n) is 13.2. The van der Waals surface area contributed by atoms with Crippen LogP contribution in [0.15, 0.2) is 18.2 Å². The van der Waals surface area contributed by atoms with Gasteiger partial charge in [0.15, 0.2) is 0 Å². The molecule has 1 aliphatic rings. The largest absolute Gasteiger partial charge is 0.481 e. The molecular formula is C17H23NO4. The van der Waals surface area contributed by atoms with Crippen molar-refractivity contribution >= 4 is 11.9 Å². The number of hydrogen-bond donors (Lipinski definition) is 1. The van der Waals surface area contributed by atoms with Crippen molar-refractivity contribution in [1.82, 2.24) is 4.90 Å². The number of carboxylic acids is 1. The van der Waals surface area contributed by atoms with E-state index in [9.17, 15) is 9.59 Å². The lowest BCUT2D eigenvalue weighted by Gasteiger charge is -2.34. The first kappa shape index (κ1) is 16.5. The van der Waals surface area contributed by atoms with Crippen LogP contribution in [-0.4, -0.2) is 47.7 Å². The molecule has 1 aliphatic heterocycles. The van der Waals surface area contributed by atoms with Crippen LogP contribution in [0.5, 0.6) is 0 Å². The van der Waals surface area contributed by atoms with Gasteiger partial charge in [0.1, 0.15) is 0 Å². The molecule has 0 atom stereocenters. The van der Waals surface area contributed by atoms with Crippen molar-refractivity contribution in [3.8, 4) is 0 Å². The van der Waals surface area contributed by atoms with Crippen molar-refractivity contribution in [2.75, 3.05) is 19.8 Å². The summed E-state index contributed by atoms with van der Waals surface area (Å²) in [6, 6.07) is 5.72. The molecule has 0 saturated carbocycles. The first-order valence-electron chi connectivity index (χ1n) is 7.67. The second kappa shape index (κ2) is 7.40. The summed E-state index contributed by atoms with van der Waals surface area (Å²) in [5.74, 6) is -0.958. The van der Waals surface area contributed by atoms with E-state index in [4.69, 9.17) is 9.84 Å². The Labute approximate surface area is 130 Å². The van der Waals surface area contributed by atoms with Crippen molar-refractivity contribution in [2.24, 2.45) is 0 Å². The van der Waals surface area contributed by atoms with Crippen molar-refractivity contribution in [2.45, 2.75) is 39.2 Å². The Morgan fingerprint density at radius 2 is 1.95 bits per heavy atom. The van der Waals surface area contributed by atoms with Gasteiger partial charge < -0.3 is 14.7 Å². The minimum Gasteiger partial charge on any atom is -0.481 e. The number of hydrogen-bond acceptors (Lipinski definition) is 3. The summed E-state index contributed by atoms with van der Waals surface area (Å²) >= 11 is 0. The number of aliphatic carboxylic acids is 1. The predicted molar refractivity (Wildman–Crippen MR) is 83.0 cm³/mol. The van der Waals surface area contributed by atoms with E-state index >= 15 is 0 Å². The Morgan fingerprint density at radius 1 is 1.27 bits per heavy atom. The molecule has 1 fully saturated rings. The molecule has 0 unspecified atom stereocenters. The molecular weight excluding hydrogens is 282 g/mol. The lowest BCUT2D eigenvalue weighted by atomic mass is 10.00. The molecule has 0 aromatic heterocycles. The molecule has 1 saturated heterocycles. The highest BCUT2D eigenvalue weighted by molar-refractivity contribution is 5.96. The topological polar surface area (TPSA) is 66.8 Å². The molecule has 0 aliphatic carbocycles. The fourth-order valence-electron chi connectivity index (χ4n) is 2.80. The maximum atomic E-state index is 12.9. The number of carboxylic acid groups (broad SMARTS) is 1. The van der Waals surface area contributed by atoms with Crippen LogP contribution in [-0.2, 0) is 9.53 Å². The number of carbonyl (C=O) groups excluding carboxylic acids is 1. The number of aryl methyl sites for hydroxylation is 1. The van der Waals surface area contributed by atoms with Crippen LogP contribution in [0.2, 0.25) is 0 Å². The van der Waals surface area contributed by atoms with Crippen molar-refractivity contribution in [3.63, 3.8) is 0 Å². The second-order valence-corrected chi connectivity index (χ2v) is 5.73. The Morgan fingerprint density at radius 3 is 2.59 bits per heavy atom. The molecule has 0 radical (unpaired) electrons. The molecule has 120 valence electrons. The summed E-state index contributed by atoms with van der Waals surface area (Å²) in [6.07, 6.45) is 1.49. The van der Waals surface area contributed by atoms with Gasteiger partial charge in [0, 0.05) is 31.4 Å². The maximum absolute atomic E-state index is 12.9. The molecule has 1 aromatic rings. The average Bonchev–Trinajstić information content (AvgIpc) is 2.51. The lowest BCUT2D eigenvalue weighted by molar-refractivity contribution is -0.137. The van der Waals surface area contributed by atoms with Gasteiger partial charge in [-0.15, -0.1) is 0 Å². The van der Waals surface area contributed by atoms with Crippen molar-refractivity contribution in [1.29, 1.82) is 0 Å². The van der Waals surface area contributed by atoms with Gasteiger partial charge in [-0.05, 0) is 43.9 Å². The Hall–Kier alpha value is -1.88. The van der Waals surface area contributed by atoms with Gasteiger partial charge in [0.2, 0.25) is 0 Å². The fraction of sp³-hybridized carbons (Fsp3) is 0.529. The molecule has 0 spiro atoms. The Bertz CT molecular complexity index is 550. The second-order valence-electron chi connectivity index (χ2n) is 5.73. The van der Waals surface area contributed by atoms with E-state index in [0.717, 1.165) is 24.0 Å². The highest BCUT2D eigenvalue weighted by atomic mass is 16.5. The van der Waals surface area contributed by atoms with Crippen LogP contribution in [0.3, 0.4) is 0 Å². The SMILES string of the molecule is Cc1cccc(C(=O)N(CCC(=O)O)C2CCOCC2)c1C. The zero-order valence-corrected chi connectivity index (χ0v) is 13.2. The normalized spacial score (nSPS) is 15.5. The summed E-state index contributed by atoms with van der Waals surface area (Å²) in [4.78, 5) is 25.5. The van der Waals surface area contributed by atoms with Crippen molar-refractivity contribution < 1.29 is 19.4 Å². The van der Waals surface area contributed by atoms with Gasteiger partial charge in [0.25, 0.3) is 5.91 Å². The first-order valence-corrected chi connectivity index (χ1v) is 7.67. The predicted octanol–water partition coefficient (Wildman–Crippen LogP) is 2.40. The smallest absolute Gasteiger partial charge is 0.305 e. The molecule has 5 heteroatoms. The molecule has 22 heavy (non-hydrogen) atoms. The molecule has 5 nitrogen and oxygen atoms in total. The quantitative estimate of drug-likeness (QED) is 0.907. The van der Waals surface area contributed by atoms with Crippen LogP contribution in [0.1, 0.15) is 40.7 Å². The van der Waals surface area contributed by atoms with Gasteiger partial charge in [0.05, 0.1) is 6.42 Å². The minimum atomic E-state index is -0.883. The summed E-state index contributed by atoms with van der Waals surface area (Å²) in [5.41, 5.74) is 2.69. The zero-order chi connectivity index (χ0) is 16.1. The standard InChI is InChI=1S/C17H23NO4/c1-12-4-3-5-15(13(12)2)17(21)18(9-6-16(19)20)14-7-10-22-11-8-14/h3-5,14H,6-11H2,1-2H3,(H,19,20).